The van der Waals surface area contributed by atoms with Gasteiger partial charge in [-0.2, -0.15) is 0 Å². The highest BCUT2D eigenvalue weighted by molar-refractivity contribution is 6.07. The van der Waals surface area contributed by atoms with Crippen LogP contribution in [0.3, 0.4) is 0 Å². The van der Waals surface area contributed by atoms with Crippen molar-refractivity contribution in [3.8, 4) is 0 Å². The van der Waals surface area contributed by atoms with Gasteiger partial charge in [0, 0.05) is 0 Å². The first-order chi connectivity index (χ1) is 10.7. The van der Waals surface area contributed by atoms with Gasteiger partial charge in [-0.05, 0) is 31.1 Å². The third kappa shape index (κ3) is 3.64. The van der Waals surface area contributed by atoms with E-state index in [1.807, 2.05) is 0 Å². The fraction of sp³-hybridized carbons (Fsp3) is 0.889. The molecule has 0 radical (unpaired) electrons. The molecule has 1 heterocycles. The molecule has 0 aromatic heterocycles. The Morgan fingerprint density at radius 3 is 2.09 bits per heavy atom. The van der Waals surface area contributed by atoms with Crippen LogP contribution in [0.15, 0.2) is 0 Å². The average Bonchev–Trinajstić information content (AvgIpc) is 2.81. The van der Waals surface area contributed by atoms with Gasteiger partial charge >= 0.3 is 0 Å². The van der Waals surface area contributed by atoms with Gasteiger partial charge in [-0.3, -0.25) is 15.5 Å². The molecule has 1 unspecified atom stereocenters. The summed E-state index contributed by atoms with van der Waals surface area (Å²) >= 11 is 0. The smallest absolute Gasteiger partial charge is 0.252 e. The fourth-order valence-electron chi connectivity index (χ4n) is 4.79. The zero-order chi connectivity index (χ0) is 15.4. The van der Waals surface area contributed by atoms with Gasteiger partial charge in [0.25, 0.3) is 5.91 Å². The largest absolute Gasteiger partial charge is 0.342 e. The zero-order valence-corrected chi connectivity index (χ0v) is 13.8. The molecule has 4 nitrogen and oxygen atoms in total. The molecule has 2 aliphatic carbocycles. The second-order valence-electron chi connectivity index (χ2n) is 7.79. The Morgan fingerprint density at radius 1 is 0.955 bits per heavy atom. The number of guanidine groups is 1. The molecule has 124 valence electrons. The van der Waals surface area contributed by atoms with Gasteiger partial charge in [-0.15, -0.1) is 0 Å². The molecular formula is C18H31N3O. The van der Waals surface area contributed by atoms with Gasteiger partial charge in [-0.1, -0.05) is 64.2 Å². The van der Waals surface area contributed by atoms with Crippen LogP contribution in [0.1, 0.15) is 83.5 Å². The summed E-state index contributed by atoms with van der Waals surface area (Å²) in [5.41, 5.74) is -0.490. The SMILES string of the molecule is N=C1NC(=O)C(CCC2CCCCC2)(CC2CCCCC2)N1. The Kier molecular flexibility index (Phi) is 5.04. The molecule has 1 amide bonds. The zero-order valence-electron chi connectivity index (χ0n) is 13.8. The minimum absolute atomic E-state index is 0.0545. The Morgan fingerprint density at radius 2 is 1.55 bits per heavy atom. The minimum atomic E-state index is -0.490. The number of hydrogen-bond acceptors (Lipinski definition) is 2. The first-order valence-corrected chi connectivity index (χ1v) is 9.36. The third-order valence-electron chi connectivity index (χ3n) is 6.10. The van der Waals surface area contributed by atoms with Crippen LogP contribution >= 0.6 is 0 Å². The van der Waals surface area contributed by atoms with Gasteiger partial charge in [-0.25, -0.2) is 0 Å². The van der Waals surface area contributed by atoms with E-state index in [9.17, 15) is 4.79 Å². The summed E-state index contributed by atoms with van der Waals surface area (Å²) in [5.74, 6) is 1.72. The predicted octanol–water partition coefficient (Wildman–Crippen LogP) is 3.71. The van der Waals surface area contributed by atoms with E-state index in [0.29, 0.717) is 5.92 Å². The van der Waals surface area contributed by atoms with Crippen molar-refractivity contribution < 1.29 is 4.79 Å². The highest BCUT2D eigenvalue weighted by atomic mass is 16.2. The molecule has 1 saturated heterocycles. The number of carbonyl (C=O) groups excluding carboxylic acids is 1. The van der Waals surface area contributed by atoms with Crippen LogP contribution in [0.4, 0.5) is 0 Å². The minimum Gasteiger partial charge on any atom is -0.342 e. The summed E-state index contributed by atoms with van der Waals surface area (Å²) in [5, 5.41) is 13.8. The predicted molar refractivity (Wildman–Crippen MR) is 88.7 cm³/mol. The van der Waals surface area contributed by atoms with Crippen molar-refractivity contribution in [2.45, 2.75) is 89.0 Å². The molecule has 4 heteroatoms. The van der Waals surface area contributed by atoms with Crippen LogP contribution in [-0.2, 0) is 4.79 Å². The second-order valence-corrected chi connectivity index (χ2v) is 7.79. The van der Waals surface area contributed by atoms with Gasteiger partial charge < -0.3 is 5.32 Å². The van der Waals surface area contributed by atoms with Crippen molar-refractivity contribution in [2.75, 3.05) is 0 Å². The lowest BCUT2D eigenvalue weighted by molar-refractivity contribution is -0.125. The van der Waals surface area contributed by atoms with Crippen LogP contribution in [0.5, 0.6) is 0 Å². The lowest BCUT2D eigenvalue weighted by Crippen LogP contribution is -2.48. The molecule has 0 bridgehead atoms. The standard InChI is InChI=1S/C18H31N3O/c19-17-20-16(22)18(21-17,13-15-9-5-2-6-10-15)12-11-14-7-3-1-4-8-14/h14-15H,1-13H2,(H3,19,20,21,22). The summed E-state index contributed by atoms with van der Waals surface area (Å²) in [6.07, 6.45) is 16.2. The van der Waals surface area contributed by atoms with Crippen molar-refractivity contribution in [2.24, 2.45) is 11.8 Å². The van der Waals surface area contributed by atoms with E-state index in [-0.39, 0.29) is 11.9 Å². The Labute approximate surface area is 134 Å². The second kappa shape index (κ2) is 7.01. The Bertz CT molecular complexity index is 411. The summed E-state index contributed by atoms with van der Waals surface area (Å²) < 4.78 is 0. The fourth-order valence-corrected chi connectivity index (χ4v) is 4.79. The van der Waals surface area contributed by atoms with Gasteiger partial charge in [0.15, 0.2) is 5.96 Å². The number of rotatable bonds is 5. The highest BCUT2D eigenvalue weighted by Gasteiger charge is 2.45. The first-order valence-electron chi connectivity index (χ1n) is 9.36. The van der Waals surface area contributed by atoms with Gasteiger partial charge in [0.1, 0.15) is 5.54 Å². The van der Waals surface area contributed by atoms with E-state index in [4.69, 9.17) is 5.41 Å². The van der Waals surface area contributed by atoms with E-state index < -0.39 is 5.54 Å². The molecule has 3 N–H and O–H groups in total. The summed E-state index contributed by atoms with van der Waals surface area (Å²) in [7, 11) is 0. The van der Waals surface area contributed by atoms with E-state index in [2.05, 4.69) is 10.6 Å². The van der Waals surface area contributed by atoms with Gasteiger partial charge in [0.05, 0.1) is 0 Å². The average molecular weight is 305 g/mol. The molecule has 3 fully saturated rings. The molecule has 0 aromatic rings. The van der Waals surface area contributed by atoms with Crippen LogP contribution in [0, 0.1) is 17.2 Å². The molecule has 1 atom stereocenters. The third-order valence-corrected chi connectivity index (χ3v) is 6.10. The number of carbonyl (C=O) groups is 1. The van der Waals surface area contributed by atoms with Crippen molar-refractivity contribution >= 4 is 11.9 Å². The van der Waals surface area contributed by atoms with Crippen LogP contribution < -0.4 is 10.6 Å². The normalized spacial score (nSPS) is 31.1. The van der Waals surface area contributed by atoms with E-state index >= 15 is 0 Å². The molecule has 22 heavy (non-hydrogen) atoms. The van der Waals surface area contributed by atoms with Crippen LogP contribution in [0.25, 0.3) is 0 Å². The first kappa shape index (κ1) is 15.8. The van der Waals surface area contributed by atoms with E-state index in [0.717, 1.165) is 25.2 Å². The topological polar surface area (TPSA) is 65.0 Å². The molecule has 0 spiro atoms. The summed E-state index contributed by atoms with van der Waals surface area (Å²) in [4.78, 5) is 12.5. The molecule has 0 aromatic carbocycles. The molecule has 2 saturated carbocycles. The molecule has 3 rings (SSSR count). The monoisotopic (exact) mass is 305 g/mol. The van der Waals surface area contributed by atoms with Crippen molar-refractivity contribution in [3.63, 3.8) is 0 Å². The number of hydrogen-bond donors (Lipinski definition) is 3. The Balaban J connectivity index is 1.63. The van der Waals surface area contributed by atoms with Crippen molar-refractivity contribution in [3.05, 3.63) is 0 Å². The molecular weight excluding hydrogens is 274 g/mol. The van der Waals surface area contributed by atoms with Crippen molar-refractivity contribution in [1.29, 1.82) is 5.41 Å². The summed E-state index contributed by atoms with van der Waals surface area (Å²) in [6, 6.07) is 0. The highest BCUT2D eigenvalue weighted by Crippen LogP contribution is 2.36. The lowest BCUT2D eigenvalue weighted by Gasteiger charge is -2.34. The van der Waals surface area contributed by atoms with Crippen LogP contribution in [-0.4, -0.2) is 17.4 Å². The van der Waals surface area contributed by atoms with E-state index in [1.54, 1.807) is 0 Å². The van der Waals surface area contributed by atoms with E-state index in [1.165, 1.54) is 64.2 Å². The maximum absolute atomic E-state index is 12.5. The maximum atomic E-state index is 12.5. The van der Waals surface area contributed by atoms with Gasteiger partial charge in [0.2, 0.25) is 0 Å². The maximum Gasteiger partial charge on any atom is 0.252 e. The number of amides is 1. The lowest BCUT2D eigenvalue weighted by atomic mass is 9.75. The molecule has 3 aliphatic rings. The molecule has 1 aliphatic heterocycles. The summed E-state index contributed by atoms with van der Waals surface area (Å²) in [6.45, 7) is 0. The van der Waals surface area contributed by atoms with Crippen molar-refractivity contribution in [1.82, 2.24) is 10.6 Å². The quantitative estimate of drug-likeness (QED) is 0.725. The number of nitrogens with one attached hydrogen (secondary N) is 3. The van der Waals surface area contributed by atoms with Crippen LogP contribution in [0.2, 0.25) is 0 Å². The Hall–Kier alpha value is -1.06.